The van der Waals surface area contributed by atoms with E-state index in [9.17, 15) is 0 Å². The van der Waals surface area contributed by atoms with E-state index < -0.39 is 0 Å². The van der Waals surface area contributed by atoms with Crippen LogP contribution in [0.25, 0.3) is 0 Å². The fraction of sp³-hybridized carbons (Fsp3) is 0.467. The summed E-state index contributed by atoms with van der Waals surface area (Å²) < 4.78 is 0. The summed E-state index contributed by atoms with van der Waals surface area (Å²) in [6.45, 7) is 4.87. The average molecular weight is 215 g/mol. The Morgan fingerprint density at radius 1 is 1.19 bits per heavy atom. The lowest BCUT2D eigenvalue weighted by molar-refractivity contribution is 0.332. The van der Waals surface area contributed by atoms with Gasteiger partial charge in [0.15, 0.2) is 0 Å². The predicted molar refractivity (Wildman–Crippen MR) is 69.3 cm³/mol. The summed E-state index contributed by atoms with van der Waals surface area (Å²) in [7, 11) is 0. The van der Waals surface area contributed by atoms with Gasteiger partial charge in [0.1, 0.15) is 0 Å². The van der Waals surface area contributed by atoms with Crippen LogP contribution in [0.5, 0.6) is 0 Å². The van der Waals surface area contributed by atoms with Gasteiger partial charge in [-0.1, -0.05) is 49.2 Å². The number of rotatable bonds is 5. The topological polar surface area (TPSA) is 12.0 Å². The van der Waals surface area contributed by atoms with Gasteiger partial charge in [-0.25, -0.2) is 0 Å². The number of benzene rings is 1. The van der Waals surface area contributed by atoms with Crippen LogP contribution in [0.2, 0.25) is 0 Å². The minimum absolute atomic E-state index is 0.331. The van der Waals surface area contributed by atoms with E-state index in [1.165, 1.54) is 31.2 Å². The van der Waals surface area contributed by atoms with Crippen LogP contribution >= 0.6 is 0 Å². The number of hydrogen-bond donors (Lipinski definition) is 1. The lowest BCUT2D eigenvalue weighted by atomic mass is 9.93. The van der Waals surface area contributed by atoms with Crippen molar-refractivity contribution in [1.29, 1.82) is 0 Å². The molecule has 0 bridgehead atoms. The maximum Gasteiger partial charge on any atom is 0.0219 e. The maximum atomic E-state index is 3.88. The summed E-state index contributed by atoms with van der Waals surface area (Å²) in [6.07, 6.45) is 8.46. The van der Waals surface area contributed by atoms with E-state index in [1.807, 2.05) is 0 Å². The van der Waals surface area contributed by atoms with Gasteiger partial charge in [0, 0.05) is 12.1 Å². The van der Waals surface area contributed by atoms with E-state index in [1.54, 1.807) is 0 Å². The Labute approximate surface area is 98.6 Å². The Morgan fingerprint density at radius 2 is 1.88 bits per heavy atom. The molecule has 0 unspecified atom stereocenters. The molecule has 0 aromatic heterocycles. The lowest BCUT2D eigenvalue weighted by Crippen LogP contribution is -2.41. The van der Waals surface area contributed by atoms with Crippen LogP contribution in [-0.4, -0.2) is 5.54 Å². The summed E-state index contributed by atoms with van der Waals surface area (Å²) >= 11 is 0. The Bertz CT molecular complexity index is 323. The molecule has 1 aromatic carbocycles. The fourth-order valence-corrected chi connectivity index (χ4v) is 2.67. The predicted octanol–water partition coefficient (Wildman–Crippen LogP) is 3.67. The molecule has 1 heteroatoms. The highest BCUT2D eigenvalue weighted by Crippen LogP contribution is 2.33. The Kier molecular flexibility index (Phi) is 3.79. The maximum absolute atomic E-state index is 3.88. The first-order chi connectivity index (χ1) is 7.85. The zero-order valence-corrected chi connectivity index (χ0v) is 9.91. The molecule has 0 radical (unpaired) electrons. The van der Waals surface area contributed by atoms with E-state index in [0.29, 0.717) is 5.54 Å². The third-order valence-electron chi connectivity index (χ3n) is 3.61. The van der Waals surface area contributed by atoms with Crippen molar-refractivity contribution in [2.24, 2.45) is 0 Å². The van der Waals surface area contributed by atoms with Crippen LogP contribution in [0.15, 0.2) is 43.0 Å². The molecule has 0 spiro atoms. The highest BCUT2D eigenvalue weighted by atomic mass is 15.0. The van der Waals surface area contributed by atoms with E-state index in [-0.39, 0.29) is 0 Å². The SMILES string of the molecule is C=CCC1(NCc2ccccc2)CCCC1. The van der Waals surface area contributed by atoms with Gasteiger partial charge < -0.3 is 5.32 Å². The molecule has 1 N–H and O–H groups in total. The number of nitrogens with one attached hydrogen (secondary N) is 1. The zero-order valence-electron chi connectivity index (χ0n) is 9.91. The van der Waals surface area contributed by atoms with Gasteiger partial charge in [0.05, 0.1) is 0 Å². The molecule has 1 aliphatic carbocycles. The molecule has 1 aromatic rings. The third kappa shape index (κ3) is 2.73. The average Bonchev–Trinajstić information content (AvgIpc) is 2.78. The number of hydrogen-bond acceptors (Lipinski definition) is 1. The van der Waals surface area contributed by atoms with Gasteiger partial charge in [0.25, 0.3) is 0 Å². The van der Waals surface area contributed by atoms with Gasteiger partial charge >= 0.3 is 0 Å². The quantitative estimate of drug-likeness (QED) is 0.739. The molecular formula is C15H21N. The smallest absolute Gasteiger partial charge is 0.0219 e. The second kappa shape index (κ2) is 5.31. The van der Waals surface area contributed by atoms with E-state index >= 15 is 0 Å². The zero-order chi connectivity index (χ0) is 11.3. The van der Waals surface area contributed by atoms with Gasteiger partial charge in [-0.2, -0.15) is 0 Å². The van der Waals surface area contributed by atoms with Gasteiger partial charge in [-0.05, 0) is 24.8 Å². The summed E-state index contributed by atoms with van der Waals surface area (Å²) in [4.78, 5) is 0. The van der Waals surface area contributed by atoms with E-state index in [2.05, 4.69) is 48.3 Å². The first-order valence-corrected chi connectivity index (χ1v) is 6.24. The molecule has 0 atom stereocenters. The fourth-order valence-electron chi connectivity index (χ4n) is 2.67. The van der Waals surface area contributed by atoms with Gasteiger partial charge in [-0.15, -0.1) is 6.58 Å². The van der Waals surface area contributed by atoms with Gasteiger partial charge in [-0.3, -0.25) is 0 Å². The van der Waals surface area contributed by atoms with Crippen LogP contribution in [0.4, 0.5) is 0 Å². The second-order valence-electron chi connectivity index (χ2n) is 4.82. The standard InChI is InChI=1S/C15H21N/c1-2-10-15(11-6-7-12-15)16-13-14-8-4-3-5-9-14/h2-5,8-9,16H,1,6-7,10-13H2. The highest BCUT2D eigenvalue weighted by molar-refractivity contribution is 5.15. The molecule has 16 heavy (non-hydrogen) atoms. The molecule has 1 saturated carbocycles. The van der Waals surface area contributed by atoms with Crippen LogP contribution in [-0.2, 0) is 6.54 Å². The summed E-state index contributed by atoms with van der Waals surface area (Å²) in [5.41, 5.74) is 1.70. The van der Waals surface area contributed by atoms with Crippen LogP contribution < -0.4 is 5.32 Å². The van der Waals surface area contributed by atoms with Crippen molar-refractivity contribution >= 4 is 0 Å². The Hall–Kier alpha value is -1.08. The molecule has 0 aliphatic heterocycles. The lowest BCUT2D eigenvalue weighted by Gasteiger charge is -2.29. The van der Waals surface area contributed by atoms with E-state index in [4.69, 9.17) is 0 Å². The van der Waals surface area contributed by atoms with Crippen molar-refractivity contribution in [3.8, 4) is 0 Å². The van der Waals surface area contributed by atoms with Crippen molar-refractivity contribution in [2.45, 2.75) is 44.2 Å². The largest absolute Gasteiger partial charge is 0.307 e. The minimum Gasteiger partial charge on any atom is -0.307 e. The molecule has 2 rings (SSSR count). The third-order valence-corrected chi connectivity index (χ3v) is 3.61. The van der Waals surface area contributed by atoms with Crippen molar-refractivity contribution < 1.29 is 0 Å². The molecule has 86 valence electrons. The van der Waals surface area contributed by atoms with E-state index in [0.717, 1.165) is 13.0 Å². The Balaban J connectivity index is 1.94. The molecule has 1 aliphatic rings. The minimum atomic E-state index is 0.331. The summed E-state index contributed by atoms with van der Waals surface area (Å²) in [5.74, 6) is 0. The monoisotopic (exact) mass is 215 g/mol. The molecular weight excluding hydrogens is 194 g/mol. The van der Waals surface area contributed by atoms with Crippen LogP contribution in [0, 0.1) is 0 Å². The highest BCUT2D eigenvalue weighted by Gasteiger charge is 2.31. The molecule has 1 nitrogen and oxygen atoms in total. The molecule has 0 saturated heterocycles. The van der Waals surface area contributed by atoms with Crippen molar-refractivity contribution in [2.75, 3.05) is 0 Å². The van der Waals surface area contributed by atoms with Crippen LogP contribution in [0.3, 0.4) is 0 Å². The Morgan fingerprint density at radius 3 is 2.50 bits per heavy atom. The van der Waals surface area contributed by atoms with Gasteiger partial charge in [0.2, 0.25) is 0 Å². The molecule has 0 heterocycles. The van der Waals surface area contributed by atoms with Crippen LogP contribution in [0.1, 0.15) is 37.7 Å². The normalized spacial score (nSPS) is 18.5. The second-order valence-corrected chi connectivity index (χ2v) is 4.82. The first-order valence-electron chi connectivity index (χ1n) is 6.24. The molecule has 1 fully saturated rings. The summed E-state index contributed by atoms with van der Waals surface area (Å²) in [6, 6.07) is 10.6. The van der Waals surface area contributed by atoms with Crippen molar-refractivity contribution in [3.63, 3.8) is 0 Å². The van der Waals surface area contributed by atoms with Crippen molar-refractivity contribution in [1.82, 2.24) is 5.32 Å². The van der Waals surface area contributed by atoms with Crippen molar-refractivity contribution in [3.05, 3.63) is 48.6 Å². The first kappa shape index (κ1) is 11.4. The molecule has 0 amide bonds. The summed E-state index contributed by atoms with van der Waals surface area (Å²) in [5, 5.41) is 3.74.